The average Bonchev–Trinajstić information content (AvgIpc) is 3.14. The lowest BCUT2D eigenvalue weighted by Gasteiger charge is -2.33. The number of likely N-dealkylation sites (N-methyl/N-ethyl adjacent to an activating group) is 1. The number of hydrogen-bond acceptors (Lipinski definition) is 4. The molecule has 0 saturated carbocycles. The summed E-state index contributed by atoms with van der Waals surface area (Å²) in [7, 11) is -1.09. The fourth-order valence-electron chi connectivity index (χ4n) is 3.88. The molecular formula is C17H24N2O3S. The van der Waals surface area contributed by atoms with Gasteiger partial charge in [-0.25, -0.2) is 8.42 Å². The monoisotopic (exact) mass is 336 g/mol. The molecule has 2 aliphatic heterocycles. The Morgan fingerprint density at radius 2 is 1.65 bits per heavy atom. The molecule has 1 aromatic carbocycles. The van der Waals surface area contributed by atoms with Gasteiger partial charge in [0.25, 0.3) is 5.91 Å². The van der Waals surface area contributed by atoms with Gasteiger partial charge in [0.1, 0.15) is 0 Å². The molecule has 5 nitrogen and oxygen atoms in total. The average molecular weight is 336 g/mol. The molecule has 6 heteroatoms. The Bertz CT molecular complexity index is 684. The lowest BCUT2D eigenvalue weighted by molar-refractivity contribution is 0.0664. The number of rotatable bonds is 3. The molecule has 1 aromatic rings. The van der Waals surface area contributed by atoms with Crippen molar-refractivity contribution in [1.29, 1.82) is 0 Å². The zero-order valence-corrected chi connectivity index (χ0v) is 14.6. The predicted molar refractivity (Wildman–Crippen MR) is 89.3 cm³/mol. The van der Waals surface area contributed by atoms with Gasteiger partial charge in [0, 0.05) is 30.4 Å². The number of benzene rings is 1. The third-order valence-electron chi connectivity index (χ3n) is 5.11. The first-order valence-corrected chi connectivity index (χ1v) is 10.1. The van der Waals surface area contributed by atoms with Crippen LogP contribution in [0.2, 0.25) is 0 Å². The number of sulfone groups is 1. The molecule has 0 aromatic heterocycles. The minimum atomic E-state index is -3.23. The second-order valence-electron chi connectivity index (χ2n) is 6.69. The number of likely N-dealkylation sites (tertiary alicyclic amines) is 2. The third-order valence-corrected chi connectivity index (χ3v) is 6.24. The van der Waals surface area contributed by atoms with Crippen LogP contribution in [-0.4, -0.2) is 62.6 Å². The first kappa shape index (κ1) is 16.5. The molecule has 2 fully saturated rings. The smallest absolute Gasteiger partial charge is 0.254 e. The van der Waals surface area contributed by atoms with Crippen LogP contribution in [0.25, 0.3) is 0 Å². The van der Waals surface area contributed by atoms with Crippen LogP contribution in [0.4, 0.5) is 0 Å². The molecule has 2 atom stereocenters. The molecule has 2 aliphatic rings. The third kappa shape index (κ3) is 3.28. The zero-order valence-electron chi connectivity index (χ0n) is 13.7. The van der Waals surface area contributed by atoms with E-state index in [0.717, 1.165) is 32.4 Å². The predicted octanol–water partition coefficient (Wildman–Crippen LogP) is 1.79. The summed E-state index contributed by atoms with van der Waals surface area (Å²) in [5.41, 5.74) is 0.574. The first-order chi connectivity index (χ1) is 10.9. The summed E-state index contributed by atoms with van der Waals surface area (Å²) in [6, 6.07) is 7.05. The van der Waals surface area contributed by atoms with E-state index in [0.29, 0.717) is 11.6 Å². The summed E-state index contributed by atoms with van der Waals surface area (Å²) in [6.07, 6.45) is 5.63. The molecule has 0 bridgehead atoms. The van der Waals surface area contributed by atoms with Gasteiger partial charge in [-0.2, -0.15) is 0 Å². The van der Waals surface area contributed by atoms with E-state index in [1.807, 2.05) is 4.90 Å². The van der Waals surface area contributed by atoms with E-state index in [4.69, 9.17) is 0 Å². The standard InChI is InChI=1S/C17H24N2O3S/c1-18-11-3-5-15(18)16-6-4-12-19(16)17(20)13-7-9-14(10-8-13)23(2,21)22/h7-10,15-16H,3-6,11-12H2,1-2H3/t15-,16+/m0/s1. The van der Waals surface area contributed by atoms with E-state index in [1.165, 1.54) is 24.8 Å². The highest BCUT2D eigenvalue weighted by Gasteiger charge is 2.38. The van der Waals surface area contributed by atoms with Crippen LogP contribution in [0.1, 0.15) is 36.0 Å². The van der Waals surface area contributed by atoms with Crippen LogP contribution in [0.5, 0.6) is 0 Å². The van der Waals surface area contributed by atoms with Gasteiger partial charge in [0.05, 0.1) is 4.90 Å². The molecule has 3 rings (SSSR count). The van der Waals surface area contributed by atoms with Crippen LogP contribution < -0.4 is 0 Å². The summed E-state index contributed by atoms with van der Waals surface area (Å²) in [5, 5.41) is 0. The van der Waals surface area contributed by atoms with Gasteiger partial charge in [0.15, 0.2) is 9.84 Å². The Hall–Kier alpha value is -1.40. The topological polar surface area (TPSA) is 57.7 Å². The Labute approximate surface area is 138 Å². The normalized spacial score (nSPS) is 25.9. The van der Waals surface area contributed by atoms with Crippen LogP contribution in [-0.2, 0) is 9.84 Å². The van der Waals surface area contributed by atoms with Crippen molar-refractivity contribution in [2.75, 3.05) is 26.4 Å². The summed E-state index contributed by atoms with van der Waals surface area (Å²) in [4.78, 5) is 17.4. The number of amides is 1. The number of nitrogens with zero attached hydrogens (tertiary/aromatic N) is 2. The lowest BCUT2D eigenvalue weighted by atomic mass is 10.0. The van der Waals surface area contributed by atoms with E-state index < -0.39 is 9.84 Å². The van der Waals surface area contributed by atoms with Crippen LogP contribution in [0, 0.1) is 0 Å². The van der Waals surface area contributed by atoms with Crippen molar-refractivity contribution in [2.45, 2.75) is 42.7 Å². The van der Waals surface area contributed by atoms with Crippen molar-refractivity contribution in [1.82, 2.24) is 9.80 Å². The van der Waals surface area contributed by atoms with Crippen LogP contribution >= 0.6 is 0 Å². The summed E-state index contributed by atoms with van der Waals surface area (Å²) < 4.78 is 23.1. The largest absolute Gasteiger partial charge is 0.334 e. The highest BCUT2D eigenvalue weighted by Crippen LogP contribution is 2.30. The van der Waals surface area contributed by atoms with Gasteiger partial charge >= 0.3 is 0 Å². The lowest BCUT2D eigenvalue weighted by Crippen LogP contribution is -2.47. The molecule has 1 amide bonds. The van der Waals surface area contributed by atoms with Crippen LogP contribution in [0.3, 0.4) is 0 Å². The molecule has 126 valence electrons. The maximum absolute atomic E-state index is 12.8. The van der Waals surface area contributed by atoms with Crippen molar-refractivity contribution < 1.29 is 13.2 Å². The first-order valence-electron chi connectivity index (χ1n) is 8.19. The van der Waals surface area contributed by atoms with Crippen molar-refractivity contribution in [2.24, 2.45) is 0 Å². The number of carbonyl (C=O) groups excluding carboxylic acids is 1. The second-order valence-corrected chi connectivity index (χ2v) is 8.71. The van der Waals surface area contributed by atoms with Crippen molar-refractivity contribution in [3.63, 3.8) is 0 Å². The van der Waals surface area contributed by atoms with Crippen molar-refractivity contribution in [3.05, 3.63) is 29.8 Å². The zero-order chi connectivity index (χ0) is 16.6. The SMILES string of the molecule is CN1CCC[C@H]1[C@H]1CCCN1C(=O)c1ccc(S(C)(=O)=O)cc1. The van der Waals surface area contributed by atoms with E-state index in [-0.39, 0.29) is 16.8 Å². The van der Waals surface area contributed by atoms with Gasteiger partial charge in [-0.1, -0.05) is 0 Å². The second kappa shape index (κ2) is 6.24. The van der Waals surface area contributed by atoms with Gasteiger partial charge in [0.2, 0.25) is 0 Å². The maximum Gasteiger partial charge on any atom is 0.254 e. The highest BCUT2D eigenvalue weighted by atomic mass is 32.2. The molecule has 23 heavy (non-hydrogen) atoms. The fraction of sp³-hybridized carbons (Fsp3) is 0.588. The molecule has 0 aliphatic carbocycles. The van der Waals surface area contributed by atoms with E-state index in [1.54, 1.807) is 12.1 Å². The van der Waals surface area contributed by atoms with Crippen LogP contribution in [0.15, 0.2) is 29.2 Å². The van der Waals surface area contributed by atoms with Gasteiger partial charge < -0.3 is 9.80 Å². The van der Waals surface area contributed by atoms with E-state index >= 15 is 0 Å². The van der Waals surface area contributed by atoms with E-state index in [9.17, 15) is 13.2 Å². The Kier molecular flexibility index (Phi) is 4.47. The summed E-state index contributed by atoms with van der Waals surface area (Å²) in [6.45, 7) is 1.90. The number of hydrogen-bond donors (Lipinski definition) is 0. The van der Waals surface area contributed by atoms with Crippen molar-refractivity contribution in [3.8, 4) is 0 Å². The summed E-state index contributed by atoms with van der Waals surface area (Å²) in [5.74, 6) is 0.0212. The highest BCUT2D eigenvalue weighted by molar-refractivity contribution is 7.90. The van der Waals surface area contributed by atoms with Gasteiger partial charge in [-0.05, 0) is 63.5 Å². The quantitative estimate of drug-likeness (QED) is 0.844. The molecule has 0 unspecified atom stereocenters. The number of carbonyl (C=O) groups is 1. The van der Waals surface area contributed by atoms with Gasteiger partial charge in [-0.15, -0.1) is 0 Å². The Morgan fingerprint density at radius 1 is 1.04 bits per heavy atom. The minimum Gasteiger partial charge on any atom is -0.334 e. The fourth-order valence-corrected chi connectivity index (χ4v) is 4.51. The molecular weight excluding hydrogens is 312 g/mol. The molecule has 0 N–H and O–H groups in total. The maximum atomic E-state index is 12.8. The summed E-state index contributed by atoms with van der Waals surface area (Å²) >= 11 is 0. The molecule has 0 spiro atoms. The molecule has 2 saturated heterocycles. The van der Waals surface area contributed by atoms with Crippen molar-refractivity contribution >= 4 is 15.7 Å². The Morgan fingerprint density at radius 3 is 2.22 bits per heavy atom. The Balaban J connectivity index is 1.79. The molecule has 2 heterocycles. The van der Waals surface area contributed by atoms with Gasteiger partial charge in [-0.3, -0.25) is 4.79 Å². The van der Waals surface area contributed by atoms with E-state index in [2.05, 4.69) is 11.9 Å². The minimum absolute atomic E-state index is 0.0212. The molecule has 0 radical (unpaired) electrons.